The van der Waals surface area contributed by atoms with Crippen LogP contribution in [0.2, 0.25) is 0 Å². The quantitative estimate of drug-likeness (QED) is 0.683. The number of thiophene rings is 1. The molecule has 0 fully saturated rings. The number of carbonyl (C=O) groups is 1. The van der Waals surface area contributed by atoms with Crippen molar-refractivity contribution in [2.45, 2.75) is 17.2 Å². The fraction of sp³-hybridized carbons (Fsp3) is 0.375. The van der Waals surface area contributed by atoms with Crippen LogP contribution in [-0.4, -0.2) is 37.2 Å². The molecule has 1 atom stereocenters. The summed E-state index contributed by atoms with van der Waals surface area (Å²) in [5, 5.41) is 17.3. The van der Waals surface area contributed by atoms with Crippen molar-refractivity contribution in [3.63, 3.8) is 0 Å². The van der Waals surface area contributed by atoms with Crippen molar-refractivity contribution in [3.05, 3.63) is 17.0 Å². The minimum Gasteiger partial charge on any atom is -0.479 e. The first-order valence-electron chi connectivity index (χ1n) is 4.30. The van der Waals surface area contributed by atoms with E-state index in [2.05, 4.69) is 0 Å². The van der Waals surface area contributed by atoms with E-state index in [1.165, 1.54) is 6.07 Å². The maximum Gasteiger partial charge on any atom is 0.333 e. The van der Waals surface area contributed by atoms with Crippen LogP contribution in [0.25, 0.3) is 0 Å². The summed E-state index contributed by atoms with van der Waals surface area (Å²) in [5.41, 5.74) is 0. The van der Waals surface area contributed by atoms with Crippen LogP contribution in [0.15, 0.2) is 16.3 Å². The van der Waals surface area contributed by atoms with E-state index >= 15 is 0 Å². The smallest absolute Gasteiger partial charge is 0.333 e. The first kappa shape index (κ1) is 13.1. The van der Waals surface area contributed by atoms with Crippen LogP contribution in [0.5, 0.6) is 0 Å². The number of nitrogens with one attached hydrogen (secondary N) is 1. The van der Waals surface area contributed by atoms with Crippen LogP contribution in [0.3, 0.4) is 0 Å². The summed E-state index contributed by atoms with van der Waals surface area (Å²) >= 11 is 1.08. The zero-order valence-corrected chi connectivity index (χ0v) is 10.0. The number of aliphatic hydroxyl groups is 1. The fourth-order valence-corrected chi connectivity index (χ4v) is 3.27. The number of hydrogen-bond acceptors (Lipinski definition) is 5. The highest BCUT2D eigenvalue weighted by atomic mass is 32.2. The average Bonchev–Trinajstić information content (AvgIpc) is 2.61. The number of aliphatic hydroxyl groups excluding tert-OH is 1. The highest BCUT2D eigenvalue weighted by Crippen LogP contribution is 2.20. The molecule has 16 heavy (non-hydrogen) atoms. The molecule has 0 aliphatic carbocycles. The number of aryl methyl sites for hydroxylation is 1. The Hall–Kier alpha value is -0.960. The van der Waals surface area contributed by atoms with Crippen LogP contribution in [0.4, 0.5) is 0 Å². The molecule has 1 aromatic heterocycles. The van der Waals surface area contributed by atoms with Crippen LogP contribution in [-0.2, 0) is 14.8 Å². The molecular weight excluding hydrogens is 254 g/mol. The molecule has 1 rings (SSSR count). The molecule has 0 saturated heterocycles. The standard InChI is InChI=1S/C8H11NO5S2/c1-5-2-3-7(15-5)16(13,14)9-4-6(10)8(11)12/h2-3,6,9-10H,4H2,1H3,(H,11,12)/t6-/m0/s1. The van der Waals surface area contributed by atoms with Gasteiger partial charge in [-0.2, -0.15) is 0 Å². The van der Waals surface area contributed by atoms with Gasteiger partial charge in [-0.1, -0.05) is 0 Å². The van der Waals surface area contributed by atoms with Gasteiger partial charge in [0.25, 0.3) is 0 Å². The molecule has 0 radical (unpaired) electrons. The largest absolute Gasteiger partial charge is 0.479 e. The molecule has 0 aliphatic rings. The highest BCUT2D eigenvalue weighted by Gasteiger charge is 2.20. The third-order valence-electron chi connectivity index (χ3n) is 1.73. The number of hydrogen-bond donors (Lipinski definition) is 3. The third kappa shape index (κ3) is 3.27. The summed E-state index contributed by atoms with van der Waals surface area (Å²) in [4.78, 5) is 11.1. The van der Waals surface area contributed by atoms with Crippen molar-refractivity contribution in [2.75, 3.05) is 6.54 Å². The number of sulfonamides is 1. The molecule has 0 spiro atoms. The van der Waals surface area contributed by atoms with Gasteiger partial charge in [0.15, 0.2) is 6.10 Å². The Balaban J connectivity index is 2.70. The van der Waals surface area contributed by atoms with Gasteiger partial charge in [0.1, 0.15) is 4.21 Å². The monoisotopic (exact) mass is 265 g/mol. The molecule has 0 amide bonds. The fourth-order valence-electron chi connectivity index (χ4n) is 0.904. The van der Waals surface area contributed by atoms with E-state index < -0.39 is 28.6 Å². The summed E-state index contributed by atoms with van der Waals surface area (Å²) in [6.07, 6.45) is -1.74. The molecule has 90 valence electrons. The van der Waals surface area contributed by atoms with Gasteiger partial charge < -0.3 is 10.2 Å². The topological polar surface area (TPSA) is 104 Å². The second-order valence-corrected chi connectivity index (χ2v) is 6.35. The maximum atomic E-state index is 11.6. The van der Waals surface area contributed by atoms with E-state index in [0.29, 0.717) is 0 Å². The zero-order chi connectivity index (χ0) is 12.3. The molecule has 0 bridgehead atoms. The van der Waals surface area contributed by atoms with Crippen molar-refractivity contribution in [1.29, 1.82) is 0 Å². The maximum absolute atomic E-state index is 11.6. The summed E-state index contributed by atoms with van der Waals surface area (Å²) < 4.78 is 25.3. The van der Waals surface area contributed by atoms with Crippen LogP contribution >= 0.6 is 11.3 Å². The third-order valence-corrected chi connectivity index (χ3v) is 4.65. The normalized spacial score (nSPS) is 13.6. The zero-order valence-electron chi connectivity index (χ0n) is 8.37. The van der Waals surface area contributed by atoms with Crippen molar-refractivity contribution in [1.82, 2.24) is 4.72 Å². The van der Waals surface area contributed by atoms with E-state index in [-0.39, 0.29) is 4.21 Å². The van der Waals surface area contributed by atoms with E-state index in [1.54, 1.807) is 13.0 Å². The first-order chi connectivity index (χ1) is 7.33. The summed E-state index contributed by atoms with van der Waals surface area (Å²) in [7, 11) is -3.72. The Morgan fingerprint density at radius 2 is 2.19 bits per heavy atom. The molecular formula is C8H11NO5S2. The summed E-state index contributed by atoms with van der Waals surface area (Å²) in [6.45, 7) is 1.21. The molecule has 1 heterocycles. The minimum absolute atomic E-state index is 0.0996. The Morgan fingerprint density at radius 1 is 1.56 bits per heavy atom. The van der Waals surface area contributed by atoms with Crippen molar-refractivity contribution >= 4 is 27.3 Å². The number of carboxylic acids is 1. The SMILES string of the molecule is Cc1ccc(S(=O)(=O)NC[C@H](O)C(=O)O)s1. The first-order valence-corrected chi connectivity index (χ1v) is 6.60. The van der Waals surface area contributed by atoms with E-state index in [1.807, 2.05) is 4.72 Å². The predicted octanol–water partition coefficient (Wildman–Crippen LogP) is -0.220. The molecule has 1 aromatic rings. The lowest BCUT2D eigenvalue weighted by Gasteiger charge is -2.06. The van der Waals surface area contributed by atoms with Gasteiger partial charge in [0, 0.05) is 11.4 Å². The number of rotatable bonds is 5. The Bertz CT molecular complexity index is 478. The average molecular weight is 265 g/mol. The van der Waals surface area contributed by atoms with Gasteiger partial charge in [-0.05, 0) is 19.1 Å². The second-order valence-electron chi connectivity index (χ2n) is 3.07. The molecule has 3 N–H and O–H groups in total. The molecule has 0 aromatic carbocycles. The van der Waals surface area contributed by atoms with Gasteiger partial charge >= 0.3 is 5.97 Å². The van der Waals surface area contributed by atoms with Gasteiger partial charge in [-0.3, -0.25) is 0 Å². The van der Waals surface area contributed by atoms with Crippen LogP contribution in [0.1, 0.15) is 4.88 Å². The van der Waals surface area contributed by atoms with Gasteiger partial charge in [0.05, 0.1) is 0 Å². The number of aliphatic carboxylic acids is 1. The van der Waals surface area contributed by atoms with E-state index in [0.717, 1.165) is 16.2 Å². The molecule has 0 unspecified atom stereocenters. The molecule has 6 nitrogen and oxygen atoms in total. The Labute approximate surface area is 96.6 Å². The van der Waals surface area contributed by atoms with Crippen molar-refractivity contribution < 1.29 is 23.4 Å². The molecule has 0 aliphatic heterocycles. The molecule has 8 heteroatoms. The summed E-state index contributed by atoms with van der Waals surface area (Å²) in [5.74, 6) is -1.47. The minimum atomic E-state index is -3.72. The lowest BCUT2D eigenvalue weighted by molar-refractivity contribution is -0.146. The summed E-state index contributed by atoms with van der Waals surface area (Å²) in [6, 6.07) is 3.07. The van der Waals surface area contributed by atoms with E-state index in [4.69, 9.17) is 10.2 Å². The lowest BCUT2D eigenvalue weighted by atomic mass is 10.4. The van der Waals surface area contributed by atoms with Crippen molar-refractivity contribution in [2.24, 2.45) is 0 Å². The van der Waals surface area contributed by atoms with Gasteiger partial charge in [-0.25, -0.2) is 17.9 Å². The van der Waals surface area contributed by atoms with Crippen LogP contribution in [0, 0.1) is 6.92 Å². The molecule has 0 saturated carbocycles. The Morgan fingerprint density at radius 3 is 2.62 bits per heavy atom. The van der Waals surface area contributed by atoms with Gasteiger partial charge in [-0.15, -0.1) is 11.3 Å². The lowest BCUT2D eigenvalue weighted by Crippen LogP contribution is -2.36. The predicted molar refractivity (Wildman–Crippen MR) is 57.9 cm³/mol. The van der Waals surface area contributed by atoms with Crippen LogP contribution < -0.4 is 4.72 Å². The number of carboxylic acid groups (broad SMARTS) is 1. The van der Waals surface area contributed by atoms with Crippen molar-refractivity contribution in [3.8, 4) is 0 Å². The second kappa shape index (κ2) is 4.91. The highest BCUT2D eigenvalue weighted by molar-refractivity contribution is 7.91. The van der Waals surface area contributed by atoms with E-state index in [9.17, 15) is 13.2 Å². The Kier molecular flexibility index (Phi) is 4.03. The van der Waals surface area contributed by atoms with Gasteiger partial charge in [0.2, 0.25) is 10.0 Å².